The van der Waals surface area contributed by atoms with Gasteiger partial charge in [0.2, 0.25) is 0 Å². The minimum absolute atomic E-state index is 0.0797. The fourth-order valence-electron chi connectivity index (χ4n) is 5.92. The molecule has 4 atom stereocenters. The molecule has 11 nitrogen and oxygen atoms in total. The van der Waals surface area contributed by atoms with Crippen LogP contribution in [0.15, 0.2) is 48.9 Å². The number of ether oxygens (including phenoxy) is 1. The van der Waals surface area contributed by atoms with E-state index in [1.807, 2.05) is 4.90 Å². The first-order chi connectivity index (χ1) is 18.5. The van der Waals surface area contributed by atoms with E-state index in [1.54, 1.807) is 47.5 Å². The van der Waals surface area contributed by atoms with Gasteiger partial charge in [-0.15, -0.1) is 5.10 Å². The second kappa shape index (κ2) is 9.43. The molecule has 3 aliphatic rings. The summed E-state index contributed by atoms with van der Waals surface area (Å²) >= 11 is 0. The van der Waals surface area contributed by atoms with E-state index in [0.29, 0.717) is 42.1 Å². The molecular formula is C26H26FN7O4. The van der Waals surface area contributed by atoms with E-state index in [2.05, 4.69) is 21.4 Å². The average Bonchev–Trinajstić information content (AvgIpc) is 3.42. The number of carbonyl (C=O) groups is 1. The Bertz CT molecular complexity index is 1360. The summed E-state index contributed by atoms with van der Waals surface area (Å²) in [6, 6.07) is 10.2. The van der Waals surface area contributed by atoms with E-state index < -0.39 is 23.4 Å². The summed E-state index contributed by atoms with van der Waals surface area (Å²) < 4.78 is 22.1. The summed E-state index contributed by atoms with van der Waals surface area (Å²) in [6.07, 6.45) is 3.81. The van der Waals surface area contributed by atoms with Gasteiger partial charge in [0.15, 0.2) is 0 Å². The highest BCUT2D eigenvalue weighted by Crippen LogP contribution is 2.63. The Hall–Kier alpha value is -3.92. The molecule has 0 bridgehead atoms. The molecule has 196 valence electrons. The molecule has 0 radical (unpaired) electrons. The smallest absolute Gasteiger partial charge is 0.414 e. The highest BCUT2D eigenvalue weighted by molar-refractivity contribution is 5.90. The summed E-state index contributed by atoms with van der Waals surface area (Å²) in [5.74, 6) is -0.343. The molecule has 1 saturated carbocycles. The van der Waals surface area contributed by atoms with Crippen molar-refractivity contribution in [1.82, 2.24) is 24.9 Å². The Morgan fingerprint density at radius 2 is 1.97 bits per heavy atom. The third-order valence-electron chi connectivity index (χ3n) is 8.03. The number of nitrogens with zero attached hydrogens (tertiary/aromatic N) is 7. The first-order valence-corrected chi connectivity index (χ1v) is 12.4. The summed E-state index contributed by atoms with van der Waals surface area (Å²) in [5.41, 5.74) is 1.24. The van der Waals surface area contributed by atoms with Gasteiger partial charge in [-0.05, 0) is 24.3 Å². The number of rotatable bonds is 8. The van der Waals surface area contributed by atoms with Crippen LogP contribution in [0.4, 0.5) is 14.9 Å². The van der Waals surface area contributed by atoms with Crippen molar-refractivity contribution >= 4 is 11.8 Å². The fraction of sp³-hybridized carbons (Fsp3) is 0.423. The van der Waals surface area contributed by atoms with Crippen LogP contribution in [0.1, 0.15) is 5.69 Å². The number of amides is 1. The van der Waals surface area contributed by atoms with Gasteiger partial charge in [0, 0.05) is 48.4 Å². The van der Waals surface area contributed by atoms with Crippen molar-refractivity contribution in [2.75, 3.05) is 37.7 Å². The number of fused-ring (bicyclic) bond motifs is 1. The second-order valence-corrected chi connectivity index (χ2v) is 10.0. The van der Waals surface area contributed by atoms with Gasteiger partial charge in [0.05, 0.1) is 56.0 Å². The Labute approximate surface area is 217 Å². The molecule has 1 aromatic carbocycles. The number of piperidine rings is 1. The van der Waals surface area contributed by atoms with Crippen molar-refractivity contribution in [3.05, 3.63) is 60.4 Å². The van der Waals surface area contributed by atoms with E-state index in [9.17, 15) is 20.3 Å². The first kappa shape index (κ1) is 24.4. The number of carbonyl (C=O) groups excluding carboxylic acids is 1. The van der Waals surface area contributed by atoms with E-state index in [-0.39, 0.29) is 37.6 Å². The Balaban J connectivity index is 1.15. The monoisotopic (exact) mass is 519 g/mol. The number of hydrogen-bond donors (Lipinski definition) is 2. The molecule has 2 aliphatic heterocycles. The van der Waals surface area contributed by atoms with Crippen LogP contribution in [-0.4, -0.2) is 86.2 Å². The van der Waals surface area contributed by atoms with Crippen LogP contribution < -0.4 is 4.90 Å². The summed E-state index contributed by atoms with van der Waals surface area (Å²) in [7, 11) is 0. The van der Waals surface area contributed by atoms with Crippen LogP contribution in [0.2, 0.25) is 0 Å². The lowest BCUT2D eigenvalue weighted by atomic mass is 9.95. The number of pyridine rings is 1. The number of nitriles is 1. The maximum Gasteiger partial charge on any atom is 0.414 e. The lowest BCUT2D eigenvalue weighted by Crippen LogP contribution is -2.42. The van der Waals surface area contributed by atoms with Gasteiger partial charge in [-0.25, -0.2) is 13.9 Å². The number of hydrogen-bond acceptors (Lipinski definition) is 9. The quantitative estimate of drug-likeness (QED) is 0.449. The highest BCUT2D eigenvalue weighted by Gasteiger charge is 2.71. The normalized spacial score (nSPS) is 26.4. The number of benzene rings is 1. The molecule has 2 N–H and O–H groups in total. The average molecular weight is 520 g/mol. The zero-order valence-electron chi connectivity index (χ0n) is 20.4. The molecule has 4 heterocycles. The predicted octanol–water partition coefficient (Wildman–Crippen LogP) is 1.18. The zero-order valence-corrected chi connectivity index (χ0v) is 20.4. The molecule has 0 spiro atoms. The Morgan fingerprint density at radius 3 is 2.58 bits per heavy atom. The van der Waals surface area contributed by atoms with Gasteiger partial charge in [0.25, 0.3) is 0 Å². The lowest BCUT2D eigenvalue weighted by molar-refractivity contribution is 0.0792. The molecule has 38 heavy (non-hydrogen) atoms. The van der Waals surface area contributed by atoms with E-state index >= 15 is 4.39 Å². The van der Waals surface area contributed by atoms with Crippen LogP contribution in [0.5, 0.6) is 0 Å². The lowest BCUT2D eigenvalue weighted by Gasteiger charge is -2.28. The van der Waals surface area contributed by atoms with E-state index in [0.717, 1.165) is 0 Å². The molecule has 3 aromatic rings. The standard InChI is InChI=1S/C26H26FN7O4/c27-23-7-17(34-10-19(38-25(34)37)9-33-6-5-30-31-33)2-3-20(23)16-1-4-24(29-8-16)26(15-28)21-11-32(12-22(21)26)18(13-35)14-36/h1-8,18-19,21-22,35-36H,9-14H2/t19-,21-,22+,26?/m0/s1. The second-order valence-electron chi connectivity index (χ2n) is 10.0. The van der Waals surface area contributed by atoms with Crippen LogP contribution in [0.3, 0.4) is 0 Å². The van der Waals surface area contributed by atoms with Gasteiger partial charge in [-0.3, -0.25) is 14.8 Å². The van der Waals surface area contributed by atoms with Crippen molar-refractivity contribution in [3.63, 3.8) is 0 Å². The minimum atomic E-state index is -0.703. The number of anilines is 1. The molecule has 12 heteroatoms. The summed E-state index contributed by atoms with van der Waals surface area (Å²) in [4.78, 5) is 20.3. The van der Waals surface area contributed by atoms with Crippen LogP contribution in [0, 0.1) is 29.0 Å². The number of aromatic nitrogens is 4. The van der Waals surface area contributed by atoms with Crippen LogP contribution in [-0.2, 0) is 16.7 Å². The number of cyclic esters (lactones) is 1. The van der Waals surface area contributed by atoms with E-state index in [1.165, 1.54) is 11.0 Å². The molecule has 2 aromatic heterocycles. The molecule has 1 amide bonds. The number of aliphatic hydroxyl groups is 2. The van der Waals surface area contributed by atoms with Crippen LogP contribution >= 0.6 is 0 Å². The molecule has 1 unspecified atom stereocenters. The van der Waals surface area contributed by atoms with Crippen molar-refractivity contribution in [3.8, 4) is 17.2 Å². The number of halogens is 1. The van der Waals surface area contributed by atoms with Gasteiger partial charge in [-0.1, -0.05) is 11.3 Å². The summed E-state index contributed by atoms with van der Waals surface area (Å²) in [6.45, 7) is 1.59. The fourth-order valence-corrected chi connectivity index (χ4v) is 5.92. The third-order valence-corrected chi connectivity index (χ3v) is 8.03. The topological polar surface area (TPSA) is 141 Å². The van der Waals surface area contributed by atoms with Crippen molar-refractivity contribution in [2.24, 2.45) is 11.8 Å². The Morgan fingerprint density at radius 1 is 1.18 bits per heavy atom. The first-order valence-electron chi connectivity index (χ1n) is 12.4. The van der Waals surface area contributed by atoms with Gasteiger partial charge in [-0.2, -0.15) is 5.26 Å². The van der Waals surface area contributed by atoms with Crippen molar-refractivity contribution in [2.45, 2.75) is 24.1 Å². The largest absolute Gasteiger partial charge is 0.442 e. The van der Waals surface area contributed by atoms with Crippen molar-refractivity contribution in [1.29, 1.82) is 5.26 Å². The van der Waals surface area contributed by atoms with Gasteiger partial charge >= 0.3 is 6.09 Å². The number of aliphatic hydroxyl groups excluding tert-OH is 2. The SMILES string of the molecule is N#CC1(c2ccc(-c3ccc(N4C[C@H](Cn5ccnn5)OC4=O)cc3F)cn2)[C@@H]2CN(C(CO)CO)C[C@@H]21. The molecule has 2 saturated heterocycles. The third kappa shape index (κ3) is 3.91. The highest BCUT2D eigenvalue weighted by atomic mass is 19.1. The Kier molecular flexibility index (Phi) is 6.06. The number of likely N-dealkylation sites (tertiary alicyclic amines) is 1. The van der Waals surface area contributed by atoms with Gasteiger partial charge < -0.3 is 14.9 Å². The zero-order chi connectivity index (χ0) is 26.4. The minimum Gasteiger partial charge on any atom is -0.442 e. The maximum atomic E-state index is 15.2. The van der Waals surface area contributed by atoms with E-state index in [4.69, 9.17) is 4.74 Å². The summed E-state index contributed by atoms with van der Waals surface area (Å²) in [5, 5.41) is 36.6. The van der Waals surface area contributed by atoms with Gasteiger partial charge in [0.1, 0.15) is 17.3 Å². The molecule has 1 aliphatic carbocycles. The molecule has 3 fully saturated rings. The maximum absolute atomic E-state index is 15.2. The predicted molar refractivity (Wildman–Crippen MR) is 131 cm³/mol. The van der Waals surface area contributed by atoms with Crippen molar-refractivity contribution < 1.29 is 24.1 Å². The molecule has 6 rings (SSSR count). The molecular weight excluding hydrogens is 493 g/mol. The van der Waals surface area contributed by atoms with Crippen LogP contribution in [0.25, 0.3) is 11.1 Å².